The molecule has 0 bridgehead atoms. The van der Waals surface area contributed by atoms with Gasteiger partial charge >= 0.3 is 0 Å². The Labute approximate surface area is 118 Å². The van der Waals surface area contributed by atoms with Crippen LogP contribution in [-0.4, -0.2) is 31.6 Å². The maximum atomic E-state index is 12.0. The molecule has 2 heterocycles. The van der Waals surface area contributed by atoms with E-state index >= 15 is 0 Å². The van der Waals surface area contributed by atoms with E-state index in [0.29, 0.717) is 12.3 Å². The van der Waals surface area contributed by atoms with Gasteiger partial charge < -0.3 is 24.5 Å². The summed E-state index contributed by atoms with van der Waals surface area (Å²) in [7, 11) is 3.05. The minimum Gasteiger partial charge on any atom is -0.491 e. The fourth-order valence-electron chi connectivity index (χ4n) is 2.63. The second-order valence-electron chi connectivity index (χ2n) is 5.63. The molecule has 20 heavy (non-hydrogen) atoms. The van der Waals surface area contributed by atoms with E-state index in [1.807, 2.05) is 18.4 Å². The van der Waals surface area contributed by atoms with Gasteiger partial charge in [-0.25, -0.2) is 0 Å². The van der Waals surface area contributed by atoms with Crippen molar-refractivity contribution < 1.29 is 14.2 Å². The van der Waals surface area contributed by atoms with Gasteiger partial charge in [0.2, 0.25) is 5.43 Å². The molecule has 0 radical (unpaired) electrons. The monoisotopic (exact) mass is 282 g/mol. The Kier molecular flexibility index (Phi) is 4.17. The summed E-state index contributed by atoms with van der Waals surface area (Å²) < 4.78 is 18.0. The lowest BCUT2D eigenvalue weighted by Crippen LogP contribution is -2.50. The minimum atomic E-state index is -0.366. The van der Waals surface area contributed by atoms with Crippen molar-refractivity contribution in [3.8, 4) is 5.75 Å². The first-order valence-corrected chi connectivity index (χ1v) is 6.57. The Hall–Kier alpha value is -1.37. The van der Waals surface area contributed by atoms with Crippen LogP contribution in [-0.2, 0) is 16.0 Å². The van der Waals surface area contributed by atoms with Crippen molar-refractivity contribution in [3.63, 3.8) is 0 Å². The van der Waals surface area contributed by atoms with Gasteiger partial charge in [0, 0.05) is 37.4 Å². The van der Waals surface area contributed by atoms with Crippen molar-refractivity contribution in [2.24, 2.45) is 11.1 Å². The van der Waals surface area contributed by atoms with E-state index in [4.69, 9.17) is 19.9 Å². The highest BCUT2D eigenvalue weighted by Crippen LogP contribution is 2.44. The van der Waals surface area contributed by atoms with Gasteiger partial charge in [-0.1, -0.05) is 13.8 Å². The lowest BCUT2D eigenvalue weighted by Gasteiger charge is -2.44. The maximum Gasteiger partial charge on any atom is 0.223 e. The van der Waals surface area contributed by atoms with Crippen molar-refractivity contribution in [1.29, 1.82) is 0 Å². The third kappa shape index (κ3) is 2.34. The van der Waals surface area contributed by atoms with E-state index in [1.54, 1.807) is 13.3 Å². The first kappa shape index (κ1) is 15.0. The van der Waals surface area contributed by atoms with Crippen LogP contribution in [0.5, 0.6) is 5.75 Å². The molecule has 0 aromatic carbocycles. The molecule has 112 valence electrons. The summed E-state index contributed by atoms with van der Waals surface area (Å²) in [4.78, 5) is 12.0. The number of aromatic nitrogens is 1. The van der Waals surface area contributed by atoms with E-state index in [0.717, 1.165) is 5.69 Å². The maximum absolute atomic E-state index is 12.0. The highest BCUT2D eigenvalue weighted by Gasteiger charge is 2.44. The van der Waals surface area contributed by atoms with Gasteiger partial charge in [-0.15, -0.1) is 0 Å². The highest BCUT2D eigenvalue weighted by atomic mass is 16.7. The summed E-state index contributed by atoms with van der Waals surface area (Å²) >= 11 is 0. The molecule has 6 nitrogen and oxygen atoms in total. The van der Waals surface area contributed by atoms with Crippen molar-refractivity contribution in [2.45, 2.75) is 32.5 Å². The number of hydrogen-bond acceptors (Lipinski definition) is 5. The zero-order valence-electron chi connectivity index (χ0n) is 12.4. The average Bonchev–Trinajstić information content (AvgIpc) is 2.40. The summed E-state index contributed by atoms with van der Waals surface area (Å²) in [6, 6.07) is 1.39. The smallest absolute Gasteiger partial charge is 0.223 e. The Bertz CT molecular complexity index is 538. The molecule has 1 aromatic heterocycles. The van der Waals surface area contributed by atoms with Gasteiger partial charge in [0.15, 0.2) is 5.75 Å². The van der Waals surface area contributed by atoms with E-state index < -0.39 is 0 Å². The molecule has 0 aliphatic carbocycles. The van der Waals surface area contributed by atoms with Crippen molar-refractivity contribution in [2.75, 3.05) is 21.0 Å². The Morgan fingerprint density at radius 2 is 2.15 bits per heavy atom. The van der Waals surface area contributed by atoms with Gasteiger partial charge in [-0.3, -0.25) is 4.79 Å². The Morgan fingerprint density at radius 1 is 1.45 bits per heavy atom. The van der Waals surface area contributed by atoms with Crippen molar-refractivity contribution in [3.05, 3.63) is 28.2 Å². The number of nitrogens with two attached hydrogens (primary N) is 1. The van der Waals surface area contributed by atoms with Crippen molar-refractivity contribution >= 4 is 0 Å². The second kappa shape index (κ2) is 5.55. The summed E-state index contributed by atoms with van der Waals surface area (Å²) in [5.74, 6) is 0.313. The summed E-state index contributed by atoms with van der Waals surface area (Å²) in [6.45, 7) is 4.80. The number of methoxy groups -OCH3 is 2. The Balaban J connectivity index is 2.59. The van der Waals surface area contributed by atoms with Crippen LogP contribution in [0.3, 0.4) is 0 Å². The van der Waals surface area contributed by atoms with Crippen LogP contribution in [0, 0.1) is 5.41 Å². The third-order valence-electron chi connectivity index (χ3n) is 4.00. The summed E-state index contributed by atoms with van der Waals surface area (Å²) in [5, 5.41) is 0. The zero-order valence-corrected chi connectivity index (χ0v) is 12.4. The van der Waals surface area contributed by atoms with Gasteiger partial charge in [0.05, 0.1) is 12.8 Å². The molecule has 0 saturated heterocycles. The van der Waals surface area contributed by atoms with E-state index in [-0.39, 0.29) is 29.8 Å². The lowest BCUT2D eigenvalue weighted by molar-refractivity contribution is -0.131. The van der Waals surface area contributed by atoms with Gasteiger partial charge in [-0.05, 0) is 0 Å². The molecule has 0 spiro atoms. The topological polar surface area (TPSA) is 75.7 Å². The number of rotatable bonds is 4. The largest absolute Gasteiger partial charge is 0.491 e. The first-order chi connectivity index (χ1) is 9.43. The Morgan fingerprint density at radius 3 is 2.75 bits per heavy atom. The molecule has 0 fully saturated rings. The van der Waals surface area contributed by atoms with Crippen LogP contribution in [0.25, 0.3) is 0 Å². The fraction of sp³-hybridized carbons (Fsp3) is 0.643. The minimum absolute atomic E-state index is 0.0935. The van der Waals surface area contributed by atoms with Gasteiger partial charge in [-0.2, -0.15) is 0 Å². The molecule has 2 N–H and O–H groups in total. The van der Waals surface area contributed by atoms with Crippen LogP contribution >= 0.6 is 0 Å². The molecule has 1 aliphatic heterocycles. The van der Waals surface area contributed by atoms with Crippen LogP contribution in [0.4, 0.5) is 0 Å². The SMILES string of the molecule is COCOC1c2c(OC)c(=O)ccn2CC(N)C1(C)C. The van der Waals surface area contributed by atoms with E-state index in [1.165, 1.54) is 13.2 Å². The molecule has 0 saturated carbocycles. The van der Waals surface area contributed by atoms with Crippen LogP contribution in [0.2, 0.25) is 0 Å². The van der Waals surface area contributed by atoms with Crippen molar-refractivity contribution in [1.82, 2.24) is 4.57 Å². The molecule has 6 heteroatoms. The van der Waals surface area contributed by atoms with Crippen LogP contribution in [0.15, 0.2) is 17.1 Å². The van der Waals surface area contributed by atoms with Crippen LogP contribution < -0.4 is 15.9 Å². The molecule has 0 amide bonds. The van der Waals surface area contributed by atoms with Gasteiger partial charge in [0.25, 0.3) is 0 Å². The van der Waals surface area contributed by atoms with E-state index in [2.05, 4.69) is 0 Å². The second-order valence-corrected chi connectivity index (χ2v) is 5.63. The third-order valence-corrected chi connectivity index (χ3v) is 4.00. The normalized spacial score (nSPS) is 24.2. The molecule has 2 rings (SSSR count). The fourth-order valence-corrected chi connectivity index (χ4v) is 2.63. The number of ether oxygens (including phenoxy) is 3. The first-order valence-electron chi connectivity index (χ1n) is 6.57. The molecule has 1 aliphatic rings. The molecule has 2 atom stereocenters. The standard InChI is InChI=1S/C14H22N2O4/c1-14(2)10(15)7-16-6-5-9(17)12(19-4)11(16)13(14)20-8-18-3/h5-6,10,13H,7-8,15H2,1-4H3. The molecule has 1 aromatic rings. The molecule has 2 unspecified atom stereocenters. The quantitative estimate of drug-likeness (QED) is 0.830. The predicted molar refractivity (Wildman–Crippen MR) is 74.7 cm³/mol. The van der Waals surface area contributed by atoms with Crippen LogP contribution in [0.1, 0.15) is 25.6 Å². The average molecular weight is 282 g/mol. The summed E-state index contributed by atoms with van der Waals surface area (Å²) in [6.07, 6.45) is 1.37. The lowest BCUT2D eigenvalue weighted by atomic mass is 9.75. The zero-order chi connectivity index (χ0) is 14.9. The van der Waals surface area contributed by atoms with E-state index in [9.17, 15) is 4.79 Å². The molecular formula is C14H22N2O4. The number of pyridine rings is 1. The summed E-state index contributed by atoms with van der Waals surface area (Å²) in [5.41, 5.74) is 6.49. The predicted octanol–water partition coefficient (Wildman–Crippen LogP) is 0.886. The van der Waals surface area contributed by atoms with Gasteiger partial charge in [0.1, 0.15) is 12.9 Å². The number of nitrogens with zero attached hydrogens (tertiary/aromatic N) is 1. The molecular weight excluding hydrogens is 260 g/mol. The highest BCUT2D eigenvalue weighted by molar-refractivity contribution is 5.33. The number of hydrogen-bond donors (Lipinski definition) is 1. The number of fused-ring (bicyclic) bond motifs is 1.